The topological polar surface area (TPSA) is 35.0 Å². The van der Waals surface area contributed by atoms with Crippen LogP contribution in [-0.2, 0) is 0 Å². The Labute approximate surface area is 67.7 Å². The molecule has 0 aliphatic heterocycles. The van der Waals surface area contributed by atoms with Crippen LogP contribution < -0.4 is 6.15 Å². The molecule has 0 bridgehead atoms. The predicted molar refractivity (Wildman–Crippen MR) is 34.8 cm³/mol. The molecule has 0 aromatic rings. The second-order valence-corrected chi connectivity index (χ2v) is 0. The molecule has 4 heavy (non-hydrogen) atoms. The summed E-state index contributed by atoms with van der Waals surface area (Å²) in [6.07, 6.45) is 0. The van der Waals surface area contributed by atoms with Crippen molar-refractivity contribution in [2.75, 3.05) is 0 Å². The Morgan fingerprint density at radius 1 is 1.00 bits per heavy atom. The van der Waals surface area contributed by atoms with Gasteiger partial charge in [-0.15, -0.1) is 0 Å². The Bertz CT molecular complexity index is 8.00. The van der Waals surface area contributed by atoms with Gasteiger partial charge in [0.1, 0.15) is 0 Å². The van der Waals surface area contributed by atoms with E-state index in [0.717, 1.165) is 0 Å². The second kappa shape index (κ2) is 20.2. The van der Waals surface area contributed by atoms with Gasteiger partial charge in [0.15, 0.2) is 0 Å². The fourth-order valence-corrected chi connectivity index (χ4v) is 0. The van der Waals surface area contributed by atoms with Crippen LogP contribution in [0, 0.1) is 0 Å². The van der Waals surface area contributed by atoms with Crippen molar-refractivity contribution < 1.29 is 0 Å². The van der Waals surface area contributed by atoms with Gasteiger partial charge in [-0.25, -0.2) is 0 Å². The van der Waals surface area contributed by atoms with Crippen LogP contribution in [0.15, 0.2) is 0 Å². The summed E-state index contributed by atoms with van der Waals surface area (Å²) < 4.78 is 0. The Morgan fingerprint density at radius 3 is 1.00 bits per heavy atom. The van der Waals surface area contributed by atoms with Crippen LogP contribution in [0.5, 0.6) is 0 Å². The van der Waals surface area contributed by atoms with Crippen molar-refractivity contribution in [2.24, 2.45) is 0 Å². The monoisotopic (exact) mass is 291 g/mol. The normalized spacial score (nSPS) is 0. The fourth-order valence-electron chi connectivity index (χ4n) is 0. The van der Waals surface area contributed by atoms with Crippen LogP contribution in [0.3, 0.4) is 0 Å². The van der Waals surface area contributed by atoms with E-state index in [0.29, 0.717) is 0 Å². The maximum absolute atomic E-state index is 0. The van der Waals surface area contributed by atoms with E-state index in [1.54, 1.807) is 0 Å². The zero-order valence-corrected chi connectivity index (χ0v) is 9.12. The van der Waals surface area contributed by atoms with Crippen LogP contribution >= 0.6 is 0 Å². The molecule has 1 nitrogen and oxygen atoms in total. The Kier molecular flexibility index (Phi) is 191. The molecule has 4 heteroatoms. The zero-order valence-electron chi connectivity index (χ0n) is 2.12. The van der Waals surface area contributed by atoms with Gasteiger partial charge in [0.05, 0.1) is 0 Å². The summed E-state index contributed by atoms with van der Waals surface area (Å²) in [7, 11) is 0. The van der Waals surface area contributed by atoms with Gasteiger partial charge in [-0.05, 0) is 0 Å². The van der Waals surface area contributed by atoms with E-state index in [1.807, 2.05) is 0 Å². The molecule has 3 N–H and O–H groups in total. The SMILES string of the molecule is N.[AsH3].[GaH3].[SbH3]. The van der Waals surface area contributed by atoms with Gasteiger partial charge in [0.25, 0.3) is 0 Å². The molecule has 0 aromatic heterocycles. The molecule has 0 rings (SSSR count). The summed E-state index contributed by atoms with van der Waals surface area (Å²) in [5, 5.41) is 0. The Balaban J connectivity index is 0. The molecule has 0 aliphatic carbocycles. The van der Waals surface area contributed by atoms with Gasteiger partial charge in [0.2, 0.25) is 0 Å². The number of rotatable bonds is 0. The van der Waals surface area contributed by atoms with E-state index in [4.69, 9.17) is 0 Å². The van der Waals surface area contributed by atoms with Crippen molar-refractivity contribution in [3.8, 4) is 0 Å². The van der Waals surface area contributed by atoms with E-state index in [-0.39, 0.29) is 68.3 Å². The van der Waals surface area contributed by atoms with Crippen LogP contribution in [-0.4, -0.2) is 62.2 Å². The van der Waals surface area contributed by atoms with Crippen molar-refractivity contribution in [1.82, 2.24) is 6.15 Å². The summed E-state index contributed by atoms with van der Waals surface area (Å²) in [6, 6.07) is 0. The fraction of sp³-hybridized carbons (Fsp3) is 0. The van der Waals surface area contributed by atoms with Crippen LogP contribution in [0.25, 0.3) is 0 Å². The standard InChI is InChI=1S/AsH3.Ga.H3N.Sb.6H/h1H3;;1H3;;;;;;;. The van der Waals surface area contributed by atoms with Crippen LogP contribution in [0.4, 0.5) is 0 Å². The molecule has 0 saturated carbocycles. The first-order valence-electron chi connectivity index (χ1n) is 0. The summed E-state index contributed by atoms with van der Waals surface area (Å²) in [4.78, 5) is 0. The van der Waals surface area contributed by atoms with Gasteiger partial charge >= 0.3 is 62.2 Å². The zero-order chi connectivity index (χ0) is 0. The average molecular weight is 293 g/mol. The second-order valence-electron chi connectivity index (χ2n) is 0. The number of hydrogen-bond donors (Lipinski definition) is 1. The molecule has 0 radical (unpaired) electrons. The molecule has 0 amide bonds. The minimum absolute atomic E-state index is 0. The van der Waals surface area contributed by atoms with E-state index < -0.39 is 0 Å². The molecule has 0 aliphatic rings. The van der Waals surface area contributed by atoms with Gasteiger partial charge in [-0.1, -0.05) is 0 Å². The maximum atomic E-state index is 0. The average Bonchev–Trinajstić information content (AvgIpc) is 0. The van der Waals surface area contributed by atoms with E-state index in [1.165, 1.54) is 0 Å². The first kappa shape index (κ1) is 37.9. The summed E-state index contributed by atoms with van der Waals surface area (Å²) >= 11 is 0. The molecule has 0 aromatic carbocycles. The van der Waals surface area contributed by atoms with Crippen molar-refractivity contribution in [3.63, 3.8) is 0 Å². The third-order valence-corrected chi connectivity index (χ3v) is 0. The number of hydrogen-bond acceptors (Lipinski definition) is 1. The molecule has 0 spiro atoms. The van der Waals surface area contributed by atoms with Crippen LogP contribution in [0.1, 0.15) is 0 Å². The molecule has 1 atom stereocenters. The molecule has 30 valence electrons. The molecule has 0 heterocycles. The van der Waals surface area contributed by atoms with Crippen molar-refractivity contribution in [3.05, 3.63) is 0 Å². The minimum atomic E-state index is 0. The molecule has 0 fully saturated rings. The summed E-state index contributed by atoms with van der Waals surface area (Å²) in [5.74, 6) is 0. The molecule has 1 unspecified atom stereocenters. The summed E-state index contributed by atoms with van der Waals surface area (Å²) in [5.41, 5.74) is 0. The third kappa shape index (κ3) is 9.02. The van der Waals surface area contributed by atoms with Crippen molar-refractivity contribution >= 4 is 62.2 Å². The quantitative estimate of drug-likeness (QED) is 0.465. The Hall–Kier alpha value is 1.97. The first-order valence-corrected chi connectivity index (χ1v) is 0. The molecular weight excluding hydrogens is 280 g/mol. The molecule has 0 saturated heterocycles. The van der Waals surface area contributed by atoms with Crippen LogP contribution in [0.2, 0.25) is 0 Å². The van der Waals surface area contributed by atoms with Crippen molar-refractivity contribution in [1.29, 1.82) is 0 Å². The van der Waals surface area contributed by atoms with Gasteiger partial charge < -0.3 is 6.15 Å². The van der Waals surface area contributed by atoms with E-state index >= 15 is 0 Å². The molecular formula is H12AsGaNSb. The van der Waals surface area contributed by atoms with Gasteiger partial charge in [-0.3, -0.25) is 0 Å². The van der Waals surface area contributed by atoms with Gasteiger partial charge in [-0.2, -0.15) is 0 Å². The van der Waals surface area contributed by atoms with E-state index in [9.17, 15) is 0 Å². The van der Waals surface area contributed by atoms with Crippen molar-refractivity contribution in [2.45, 2.75) is 0 Å². The third-order valence-electron chi connectivity index (χ3n) is 0. The first-order chi connectivity index (χ1) is 0. The Morgan fingerprint density at radius 2 is 1.00 bits per heavy atom. The van der Waals surface area contributed by atoms with Gasteiger partial charge in [0, 0.05) is 0 Å². The summed E-state index contributed by atoms with van der Waals surface area (Å²) in [6.45, 7) is 0. The van der Waals surface area contributed by atoms with E-state index in [2.05, 4.69) is 0 Å². The predicted octanol–water partition coefficient (Wildman–Crippen LogP) is -3.39.